The Balaban J connectivity index is 2.29. The van der Waals surface area contributed by atoms with Crippen LogP contribution in [0.5, 0.6) is 0 Å². The number of halogens is 2. The van der Waals surface area contributed by atoms with Gasteiger partial charge in [-0.2, -0.15) is 0 Å². The molecule has 15 heavy (non-hydrogen) atoms. The molecule has 5 heteroatoms. The number of H-pyrrole nitrogens is 1. The van der Waals surface area contributed by atoms with Gasteiger partial charge in [0.1, 0.15) is 0 Å². The summed E-state index contributed by atoms with van der Waals surface area (Å²) in [5.41, 5.74) is 0.857. The Hall–Kier alpha value is -1.19. The third kappa shape index (κ3) is 2.25. The molecule has 0 aliphatic rings. The van der Waals surface area contributed by atoms with Gasteiger partial charge in [0.05, 0.1) is 16.6 Å². The van der Waals surface area contributed by atoms with Crippen LogP contribution in [0.1, 0.15) is 5.56 Å². The van der Waals surface area contributed by atoms with Crippen LogP contribution < -0.4 is 5.56 Å². The van der Waals surface area contributed by atoms with Crippen molar-refractivity contribution in [3.8, 4) is 0 Å². The van der Waals surface area contributed by atoms with Crippen LogP contribution in [0, 0.1) is 0 Å². The first-order chi connectivity index (χ1) is 7.16. The molecule has 1 aromatic carbocycles. The van der Waals surface area contributed by atoms with E-state index in [9.17, 15) is 4.79 Å². The van der Waals surface area contributed by atoms with Crippen molar-refractivity contribution < 1.29 is 0 Å². The second-order valence-corrected chi connectivity index (χ2v) is 3.95. The lowest BCUT2D eigenvalue weighted by Crippen LogP contribution is -2.16. The number of aromatic amines is 1. The standard InChI is InChI=1S/C10H8Cl2N2O/c11-8-2-1-7(5-9(8)12)6-14-10(15)3-4-13-14/h1-5,13H,6H2. The van der Waals surface area contributed by atoms with Gasteiger partial charge in [-0.15, -0.1) is 0 Å². The summed E-state index contributed by atoms with van der Waals surface area (Å²) in [5, 5.41) is 3.82. The number of hydrogen-bond acceptors (Lipinski definition) is 1. The molecule has 0 amide bonds. The van der Waals surface area contributed by atoms with Gasteiger partial charge in [0, 0.05) is 12.3 Å². The topological polar surface area (TPSA) is 37.8 Å². The summed E-state index contributed by atoms with van der Waals surface area (Å²) >= 11 is 11.6. The fourth-order valence-electron chi connectivity index (χ4n) is 1.30. The highest BCUT2D eigenvalue weighted by Crippen LogP contribution is 2.22. The predicted molar refractivity (Wildman–Crippen MR) is 60.6 cm³/mol. The van der Waals surface area contributed by atoms with Crippen LogP contribution in [0.2, 0.25) is 10.0 Å². The lowest BCUT2D eigenvalue weighted by Gasteiger charge is -2.03. The molecular weight excluding hydrogens is 235 g/mol. The van der Waals surface area contributed by atoms with E-state index in [0.717, 1.165) is 5.56 Å². The molecule has 2 aromatic rings. The maximum absolute atomic E-state index is 11.2. The van der Waals surface area contributed by atoms with E-state index in [4.69, 9.17) is 23.2 Å². The summed E-state index contributed by atoms with van der Waals surface area (Å²) in [6.07, 6.45) is 1.60. The highest BCUT2D eigenvalue weighted by atomic mass is 35.5. The number of nitrogens with zero attached hydrogens (tertiary/aromatic N) is 1. The van der Waals surface area contributed by atoms with E-state index in [-0.39, 0.29) is 5.56 Å². The highest BCUT2D eigenvalue weighted by molar-refractivity contribution is 6.42. The van der Waals surface area contributed by atoms with E-state index in [2.05, 4.69) is 5.10 Å². The minimum absolute atomic E-state index is 0.0685. The Morgan fingerprint density at radius 2 is 2.00 bits per heavy atom. The Morgan fingerprint density at radius 3 is 2.60 bits per heavy atom. The summed E-state index contributed by atoms with van der Waals surface area (Å²) in [6.45, 7) is 0.461. The number of rotatable bonds is 2. The second-order valence-electron chi connectivity index (χ2n) is 3.14. The highest BCUT2D eigenvalue weighted by Gasteiger charge is 2.01. The normalized spacial score (nSPS) is 10.5. The summed E-state index contributed by atoms with van der Waals surface area (Å²) < 4.78 is 1.49. The maximum atomic E-state index is 11.2. The van der Waals surface area contributed by atoms with Crippen molar-refractivity contribution in [2.45, 2.75) is 6.54 Å². The SMILES string of the molecule is O=c1cc[nH]n1Cc1ccc(Cl)c(Cl)c1. The van der Waals surface area contributed by atoms with Crippen LogP contribution in [0.15, 0.2) is 35.3 Å². The Labute approximate surface area is 96.2 Å². The van der Waals surface area contributed by atoms with Gasteiger partial charge in [-0.1, -0.05) is 29.3 Å². The predicted octanol–water partition coefficient (Wildman–Crippen LogP) is 2.53. The molecule has 3 nitrogen and oxygen atoms in total. The van der Waals surface area contributed by atoms with Gasteiger partial charge in [-0.3, -0.25) is 4.79 Å². The first-order valence-corrected chi connectivity index (χ1v) is 5.10. The molecule has 0 saturated carbocycles. The minimum atomic E-state index is -0.0685. The van der Waals surface area contributed by atoms with Gasteiger partial charge in [-0.25, -0.2) is 4.68 Å². The average Bonchev–Trinajstić information content (AvgIpc) is 2.59. The van der Waals surface area contributed by atoms with Crippen molar-refractivity contribution in [3.05, 3.63) is 56.4 Å². The summed E-state index contributed by atoms with van der Waals surface area (Å²) in [7, 11) is 0. The van der Waals surface area contributed by atoms with Crippen LogP contribution in [-0.4, -0.2) is 9.78 Å². The molecule has 0 bridgehead atoms. The van der Waals surface area contributed by atoms with Crippen LogP contribution in [0.3, 0.4) is 0 Å². The number of hydrogen-bond donors (Lipinski definition) is 1. The lowest BCUT2D eigenvalue weighted by atomic mass is 10.2. The molecule has 0 atom stereocenters. The largest absolute Gasteiger partial charge is 0.303 e. The average molecular weight is 243 g/mol. The Kier molecular flexibility index (Phi) is 2.84. The van der Waals surface area contributed by atoms with Crippen molar-refractivity contribution >= 4 is 23.2 Å². The van der Waals surface area contributed by atoms with Crippen molar-refractivity contribution in [3.63, 3.8) is 0 Å². The van der Waals surface area contributed by atoms with Gasteiger partial charge < -0.3 is 5.10 Å². The number of aromatic nitrogens is 2. The zero-order valence-electron chi connectivity index (χ0n) is 7.71. The van der Waals surface area contributed by atoms with E-state index in [1.807, 2.05) is 6.07 Å². The van der Waals surface area contributed by atoms with E-state index < -0.39 is 0 Å². The van der Waals surface area contributed by atoms with Gasteiger partial charge in [0.2, 0.25) is 0 Å². The van der Waals surface area contributed by atoms with Crippen molar-refractivity contribution in [2.24, 2.45) is 0 Å². The van der Waals surface area contributed by atoms with Crippen LogP contribution >= 0.6 is 23.2 Å². The molecule has 1 heterocycles. The van der Waals surface area contributed by atoms with Crippen LogP contribution in [0.4, 0.5) is 0 Å². The molecule has 0 spiro atoms. The smallest absolute Gasteiger partial charge is 0.266 e. The Morgan fingerprint density at radius 1 is 1.20 bits per heavy atom. The molecule has 0 radical (unpaired) electrons. The zero-order valence-corrected chi connectivity index (χ0v) is 9.22. The maximum Gasteiger partial charge on any atom is 0.266 e. The van der Waals surface area contributed by atoms with Gasteiger partial charge in [-0.05, 0) is 17.7 Å². The van der Waals surface area contributed by atoms with E-state index in [1.165, 1.54) is 10.7 Å². The number of benzene rings is 1. The monoisotopic (exact) mass is 242 g/mol. The minimum Gasteiger partial charge on any atom is -0.303 e. The fraction of sp³-hybridized carbons (Fsp3) is 0.100. The molecule has 1 N–H and O–H groups in total. The first-order valence-electron chi connectivity index (χ1n) is 4.35. The summed E-state index contributed by atoms with van der Waals surface area (Å²) in [6, 6.07) is 6.77. The van der Waals surface area contributed by atoms with Gasteiger partial charge in [0.15, 0.2) is 0 Å². The van der Waals surface area contributed by atoms with Gasteiger partial charge in [0.25, 0.3) is 5.56 Å². The van der Waals surface area contributed by atoms with Crippen LogP contribution in [0.25, 0.3) is 0 Å². The molecule has 0 unspecified atom stereocenters. The third-order valence-electron chi connectivity index (χ3n) is 2.05. The van der Waals surface area contributed by atoms with Gasteiger partial charge >= 0.3 is 0 Å². The van der Waals surface area contributed by atoms with E-state index in [1.54, 1.807) is 18.3 Å². The molecule has 0 aliphatic heterocycles. The molecule has 0 fully saturated rings. The molecule has 1 aromatic heterocycles. The third-order valence-corrected chi connectivity index (χ3v) is 2.79. The zero-order chi connectivity index (χ0) is 10.8. The van der Waals surface area contributed by atoms with E-state index in [0.29, 0.717) is 16.6 Å². The quantitative estimate of drug-likeness (QED) is 0.864. The van der Waals surface area contributed by atoms with E-state index >= 15 is 0 Å². The lowest BCUT2D eigenvalue weighted by molar-refractivity contribution is 0.664. The number of nitrogens with one attached hydrogen (secondary N) is 1. The van der Waals surface area contributed by atoms with Crippen molar-refractivity contribution in [1.29, 1.82) is 0 Å². The second kappa shape index (κ2) is 4.13. The molecule has 2 rings (SSSR count). The molecular formula is C10H8Cl2N2O. The molecule has 0 saturated heterocycles. The fourth-order valence-corrected chi connectivity index (χ4v) is 1.62. The first kappa shape index (κ1) is 10.3. The summed E-state index contributed by atoms with van der Waals surface area (Å²) in [4.78, 5) is 11.2. The Bertz CT molecular complexity index is 530. The van der Waals surface area contributed by atoms with Crippen molar-refractivity contribution in [1.82, 2.24) is 9.78 Å². The molecule has 78 valence electrons. The van der Waals surface area contributed by atoms with Crippen molar-refractivity contribution in [2.75, 3.05) is 0 Å². The summed E-state index contributed by atoms with van der Waals surface area (Å²) in [5.74, 6) is 0. The van der Waals surface area contributed by atoms with Crippen LogP contribution in [-0.2, 0) is 6.54 Å². The molecule has 0 aliphatic carbocycles.